The lowest BCUT2D eigenvalue weighted by Crippen LogP contribution is -1.99. The van der Waals surface area contributed by atoms with E-state index in [1.165, 1.54) is 24.3 Å². The highest BCUT2D eigenvalue weighted by Crippen LogP contribution is 2.28. The SMILES string of the molecule is N#Cc1cc([N+](=O)[O-])ccc1Nc1ccc([N+](=O)[O-])cc1C#N. The normalized spacial score (nSPS) is 9.48. The van der Waals surface area contributed by atoms with Crippen molar-refractivity contribution in [2.75, 3.05) is 5.32 Å². The summed E-state index contributed by atoms with van der Waals surface area (Å²) in [6, 6.07) is 10.9. The highest BCUT2D eigenvalue weighted by Gasteiger charge is 2.14. The largest absolute Gasteiger partial charge is 0.353 e. The molecule has 0 bridgehead atoms. The van der Waals surface area contributed by atoms with E-state index in [0.717, 1.165) is 12.1 Å². The van der Waals surface area contributed by atoms with Crippen molar-refractivity contribution in [1.29, 1.82) is 10.5 Å². The van der Waals surface area contributed by atoms with Gasteiger partial charge in [-0.05, 0) is 12.1 Å². The Morgan fingerprint density at radius 2 is 1.22 bits per heavy atom. The number of hydrogen-bond acceptors (Lipinski definition) is 7. The van der Waals surface area contributed by atoms with Gasteiger partial charge in [-0.1, -0.05) is 0 Å². The van der Waals surface area contributed by atoms with Crippen molar-refractivity contribution >= 4 is 22.7 Å². The number of nitro benzene ring substituents is 2. The molecule has 112 valence electrons. The summed E-state index contributed by atoms with van der Waals surface area (Å²) in [5.74, 6) is 0. The van der Waals surface area contributed by atoms with Crippen molar-refractivity contribution in [2.45, 2.75) is 0 Å². The number of nitrogens with one attached hydrogen (secondary N) is 1. The molecular formula is C14H7N5O4. The zero-order chi connectivity index (χ0) is 17.0. The van der Waals surface area contributed by atoms with Gasteiger partial charge in [-0.2, -0.15) is 10.5 Å². The Bertz CT molecular complexity index is 822. The minimum Gasteiger partial charge on any atom is -0.353 e. The minimum absolute atomic E-state index is 0.0152. The number of nitrogens with zero attached hydrogens (tertiary/aromatic N) is 4. The molecule has 0 unspecified atom stereocenters. The van der Waals surface area contributed by atoms with Crippen molar-refractivity contribution < 1.29 is 9.85 Å². The quantitative estimate of drug-likeness (QED) is 0.674. The van der Waals surface area contributed by atoms with E-state index >= 15 is 0 Å². The summed E-state index contributed by atoms with van der Waals surface area (Å²) in [4.78, 5) is 20.2. The first-order valence-corrected chi connectivity index (χ1v) is 6.10. The maximum atomic E-state index is 10.7. The molecule has 0 saturated heterocycles. The molecule has 0 aliphatic carbocycles. The molecule has 9 heteroatoms. The highest BCUT2D eigenvalue weighted by molar-refractivity contribution is 5.73. The third-order valence-electron chi connectivity index (χ3n) is 2.94. The van der Waals surface area contributed by atoms with Crippen LogP contribution in [0.5, 0.6) is 0 Å². The summed E-state index contributed by atoms with van der Waals surface area (Å²) in [6.45, 7) is 0. The second-order valence-corrected chi connectivity index (χ2v) is 4.32. The van der Waals surface area contributed by atoms with E-state index in [1.54, 1.807) is 0 Å². The number of rotatable bonds is 4. The zero-order valence-corrected chi connectivity index (χ0v) is 11.4. The number of nitro groups is 2. The fraction of sp³-hybridized carbons (Fsp3) is 0. The predicted octanol–water partition coefficient (Wildman–Crippen LogP) is 2.99. The molecule has 23 heavy (non-hydrogen) atoms. The maximum Gasteiger partial charge on any atom is 0.270 e. The van der Waals surface area contributed by atoms with E-state index in [0.29, 0.717) is 0 Å². The Morgan fingerprint density at radius 3 is 1.52 bits per heavy atom. The molecule has 0 heterocycles. The van der Waals surface area contributed by atoms with Crippen LogP contribution in [0.1, 0.15) is 11.1 Å². The van der Waals surface area contributed by atoms with Crippen LogP contribution in [0.15, 0.2) is 36.4 Å². The number of non-ortho nitro benzene ring substituents is 2. The molecule has 2 aromatic carbocycles. The van der Waals surface area contributed by atoms with Gasteiger partial charge in [0.2, 0.25) is 0 Å². The highest BCUT2D eigenvalue weighted by atomic mass is 16.6. The van der Waals surface area contributed by atoms with Crippen LogP contribution < -0.4 is 5.32 Å². The van der Waals surface area contributed by atoms with Crippen LogP contribution in [-0.4, -0.2) is 9.85 Å². The molecule has 0 aliphatic rings. The average Bonchev–Trinajstić information content (AvgIpc) is 2.55. The molecule has 2 aromatic rings. The molecule has 0 radical (unpaired) electrons. The van der Waals surface area contributed by atoms with E-state index in [-0.39, 0.29) is 33.9 Å². The minimum atomic E-state index is -0.628. The average molecular weight is 309 g/mol. The lowest BCUT2D eigenvalue weighted by molar-refractivity contribution is -0.385. The van der Waals surface area contributed by atoms with Gasteiger partial charge in [-0.15, -0.1) is 0 Å². The van der Waals surface area contributed by atoms with E-state index < -0.39 is 9.85 Å². The van der Waals surface area contributed by atoms with Crippen LogP contribution in [0.2, 0.25) is 0 Å². The van der Waals surface area contributed by atoms with Crippen LogP contribution in [0, 0.1) is 42.9 Å². The number of anilines is 2. The van der Waals surface area contributed by atoms with Gasteiger partial charge in [0.15, 0.2) is 0 Å². The number of hydrogen-bond donors (Lipinski definition) is 1. The maximum absolute atomic E-state index is 10.7. The van der Waals surface area contributed by atoms with Gasteiger partial charge in [-0.3, -0.25) is 20.2 Å². The van der Waals surface area contributed by atoms with Crippen LogP contribution in [-0.2, 0) is 0 Å². The lowest BCUT2D eigenvalue weighted by Gasteiger charge is -2.09. The Kier molecular flexibility index (Phi) is 4.15. The van der Waals surface area contributed by atoms with Gasteiger partial charge in [0, 0.05) is 24.3 Å². The summed E-state index contributed by atoms with van der Waals surface area (Å²) in [5, 5.41) is 42.4. The van der Waals surface area contributed by atoms with Gasteiger partial charge >= 0.3 is 0 Å². The van der Waals surface area contributed by atoms with Crippen molar-refractivity contribution in [3.63, 3.8) is 0 Å². The molecule has 0 atom stereocenters. The first-order valence-electron chi connectivity index (χ1n) is 6.10. The molecule has 0 amide bonds. The summed E-state index contributed by atoms with van der Waals surface area (Å²) < 4.78 is 0. The van der Waals surface area contributed by atoms with Gasteiger partial charge in [0.05, 0.1) is 32.3 Å². The first-order chi connectivity index (χ1) is 11.0. The molecule has 2 rings (SSSR count). The van der Waals surface area contributed by atoms with E-state index in [4.69, 9.17) is 10.5 Å². The second kappa shape index (κ2) is 6.20. The number of nitriles is 2. The zero-order valence-electron chi connectivity index (χ0n) is 11.4. The second-order valence-electron chi connectivity index (χ2n) is 4.32. The molecule has 0 fully saturated rings. The first kappa shape index (κ1) is 15.4. The third kappa shape index (κ3) is 3.20. The van der Waals surface area contributed by atoms with Gasteiger partial charge < -0.3 is 5.32 Å². The lowest BCUT2D eigenvalue weighted by atomic mass is 10.1. The molecule has 0 aromatic heterocycles. The van der Waals surface area contributed by atoms with Crippen molar-refractivity contribution in [3.8, 4) is 12.1 Å². The monoisotopic (exact) mass is 309 g/mol. The van der Waals surface area contributed by atoms with Crippen molar-refractivity contribution in [3.05, 3.63) is 67.8 Å². The summed E-state index contributed by atoms with van der Waals surface area (Å²) in [6.07, 6.45) is 0. The van der Waals surface area contributed by atoms with Gasteiger partial charge in [0.1, 0.15) is 12.1 Å². The number of benzene rings is 2. The summed E-state index contributed by atoms with van der Waals surface area (Å²) in [5.41, 5.74) is 0.0578. The van der Waals surface area contributed by atoms with Crippen LogP contribution in [0.25, 0.3) is 0 Å². The fourth-order valence-corrected chi connectivity index (χ4v) is 1.84. The molecule has 1 N–H and O–H groups in total. The van der Waals surface area contributed by atoms with Crippen LogP contribution >= 0.6 is 0 Å². The Morgan fingerprint density at radius 1 is 0.826 bits per heavy atom. The molecule has 0 saturated carbocycles. The van der Waals surface area contributed by atoms with E-state index in [2.05, 4.69) is 5.32 Å². The third-order valence-corrected chi connectivity index (χ3v) is 2.94. The Hall–Kier alpha value is -3.98. The summed E-state index contributed by atoms with van der Waals surface area (Å²) >= 11 is 0. The topological polar surface area (TPSA) is 146 Å². The molecule has 9 nitrogen and oxygen atoms in total. The summed E-state index contributed by atoms with van der Waals surface area (Å²) in [7, 11) is 0. The van der Waals surface area contributed by atoms with Crippen LogP contribution in [0.4, 0.5) is 22.7 Å². The fourth-order valence-electron chi connectivity index (χ4n) is 1.84. The standard InChI is InChI=1S/C14H7N5O4/c15-7-9-5-11(18(20)21)1-3-13(9)17-14-4-2-12(19(22)23)6-10(14)8-16/h1-6,17H. The van der Waals surface area contributed by atoms with Crippen molar-refractivity contribution in [1.82, 2.24) is 0 Å². The van der Waals surface area contributed by atoms with Crippen LogP contribution in [0.3, 0.4) is 0 Å². The smallest absolute Gasteiger partial charge is 0.270 e. The van der Waals surface area contributed by atoms with E-state index in [9.17, 15) is 20.2 Å². The Balaban J connectivity index is 2.44. The molecular weight excluding hydrogens is 302 g/mol. The predicted molar refractivity (Wildman–Crippen MR) is 78.9 cm³/mol. The van der Waals surface area contributed by atoms with Gasteiger partial charge in [0.25, 0.3) is 11.4 Å². The van der Waals surface area contributed by atoms with Crippen molar-refractivity contribution in [2.24, 2.45) is 0 Å². The van der Waals surface area contributed by atoms with E-state index in [1.807, 2.05) is 12.1 Å². The Labute approximate surface area is 129 Å². The van der Waals surface area contributed by atoms with Gasteiger partial charge in [-0.25, -0.2) is 0 Å². The molecule has 0 spiro atoms. The molecule has 0 aliphatic heterocycles.